The SMILES string of the molecule is CNC(=O)c1ccccc1Nc1nc(Nc2ccc(N3CCN(C(=O)N[C@H]4CC[C@H](N[C@H]5CC[C@@H](OCC#Cc6ccc7c(c6)CN(C6CCC(=O)NC6=O)C7=O)CC5)CC4)CC3)cc2)ncc1Cl. The quantitative estimate of drug-likeness (QED) is 0.0732. The van der Waals surface area contributed by atoms with E-state index in [9.17, 15) is 24.0 Å². The van der Waals surface area contributed by atoms with Crippen molar-refractivity contribution in [1.29, 1.82) is 0 Å². The van der Waals surface area contributed by atoms with Gasteiger partial charge in [0, 0.05) is 86.8 Å². The minimum Gasteiger partial charge on any atom is -0.368 e. The Labute approximate surface area is 406 Å². The summed E-state index contributed by atoms with van der Waals surface area (Å²) in [5, 5.41) is 18.9. The Hall–Kier alpha value is -6.74. The highest BCUT2D eigenvalue weighted by molar-refractivity contribution is 6.33. The highest BCUT2D eigenvalue weighted by Crippen LogP contribution is 2.31. The number of rotatable bonds is 12. The number of hydrogen-bond donors (Lipinski definition) is 6. The second-order valence-corrected chi connectivity index (χ2v) is 18.7. The molecule has 0 bridgehead atoms. The van der Waals surface area contributed by atoms with Crippen molar-refractivity contribution in [1.82, 2.24) is 41.0 Å². The average Bonchev–Trinajstić information content (AvgIpc) is 3.69. The summed E-state index contributed by atoms with van der Waals surface area (Å²) < 4.78 is 6.15. The third-order valence-corrected chi connectivity index (χ3v) is 14.1. The van der Waals surface area contributed by atoms with Crippen LogP contribution in [0, 0.1) is 11.8 Å². The molecule has 6 N–H and O–H groups in total. The standard InChI is InChI=1S/C51H58ClN11O6/c1-53-47(65)41-6-2-3-7-43(41)58-46-42(52)30-54-50(60-46)56-36-13-17-38(18-14-36)61-24-26-62(27-25-61)51(68)57-37-11-9-34(10-12-37)55-35-15-19-39(20-16-35)69-28-4-5-32-8-21-40-33(29-32)31-63(49(40)67)44-22-23-45(64)59-48(44)66/h2-3,6-8,13-14,17-18,21,29-30,34-35,37,39,44,55H,9-12,15-16,19-20,22-28,31H2,1H3,(H,53,65)(H,57,68)(H,59,64,66)(H2,54,56,58,60)/t34-,35-,37-,39+,44?. The first kappa shape index (κ1) is 47.3. The number of fused-ring (bicyclic) bond motifs is 1. The van der Waals surface area contributed by atoms with Gasteiger partial charge >= 0.3 is 6.03 Å². The fraction of sp³-hybridized carbons (Fsp3) is 0.431. The molecule has 4 heterocycles. The molecule has 2 saturated heterocycles. The molecule has 2 saturated carbocycles. The molecule has 1 atom stereocenters. The zero-order valence-corrected chi connectivity index (χ0v) is 39.4. The lowest BCUT2D eigenvalue weighted by atomic mass is 9.88. The van der Waals surface area contributed by atoms with Gasteiger partial charge in [0.1, 0.15) is 17.7 Å². The van der Waals surface area contributed by atoms with Crippen LogP contribution < -0.4 is 36.8 Å². The number of piperidine rings is 1. The molecule has 6 amide bonds. The lowest BCUT2D eigenvalue weighted by Crippen LogP contribution is -2.54. The molecule has 2 aliphatic carbocycles. The van der Waals surface area contributed by atoms with Gasteiger partial charge in [-0.15, -0.1) is 0 Å². The molecule has 3 aliphatic heterocycles. The van der Waals surface area contributed by atoms with E-state index in [0.29, 0.717) is 78.3 Å². The van der Waals surface area contributed by atoms with E-state index in [2.05, 4.69) is 58.6 Å². The van der Waals surface area contributed by atoms with E-state index in [4.69, 9.17) is 16.3 Å². The summed E-state index contributed by atoms with van der Waals surface area (Å²) in [4.78, 5) is 77.3. The van der Waals surface area contributed by atoms with Crippen LogP contribution in [0.2, 0.25) is 5.02 Å². The van der Waals surface area contributed by atoms with Gasteiger partial charge in [-0.1, -0.05) is 35.6 Å². The minimum absolute atomic E-state index is 0.0182. The Kier molecular flexibility index (Phi) is 14.9. The van der Waals surface area contributed by atoms with Crippen molar-refractivity contribution in [2.75, 3.05) is 55.4 Å². The number of aromatic nitrogens is 2. The van der Waals surface area contributed by atoms with Gasteiger partial charge in [-0.3, -0.25) is 24.5 Å². The number of nitrogens with one attached hydrogen (secondary N) is 6. The van der Waals surface area contributed by atoms with Gasteiger partial charge in [0.25, 0.3) is 11.8 Å². The molecular formula is C51H58ClN11O6. The van der Waals surface area contributed by atoms with Gasteiger partial charge in [-0.25, -0.2) is 9.78 Å². The molecule has 360 valence electrons. The van der Waals surface area contributed by atoms with Gasteiger partial charge in [0.15, 0.2) is 5.82 Å². The van der Waals surface area contributed by atoms with Crippen molar-refractivity contribution in [2.24, 2.45) is 0 Å². The van der Waals surface area contributed by atoms with Crippen LogP contribution in [0.1, 0.15) is 96.1 Å². The number of piperazine rings is 1. The highest BCUT2D eigenvalue weighted by atomic mass is 35.5. The molecule has 0 radical (unpaired) electrons. The number of nitrogens with zero attached hydrogens (tertiary/aromatic N) is 5. The van der Waals surface area contributed by atoms with E-state index < -0.39 is 11.9 Å². The van der Waals surface area contributed by atoms with Crippen LogP contribution in [0.15, 0.2) is 72.9 Å². The fourth-order valence-electron chi connectivity index (χ4n) is 9.97. The number of halogens is 1. The van der Waals surface area contributed by atoms with Crippen molar-refractivity contribution in [2.45, 2.75) is 101 Å². The van der Waals surface area contributed by atoms with Gasteiger partial charge < -0.3 is 46.0 Å². The molecule has 9 rings (SSSR count). The highest BCUT2D eigenvalue weighted by Gasteiger charge is 2.39. The molecule has 17 nitrogen and oxygen atoms in total. The second-order valence-electron chi connectivity index (χ2n) is 18.3. The van der Waals surface area contributed by atoms with Crippen LogP contribution in [0.3, 0.4) is 0 Å². The zero-order valence-electron chi connectivity index (χ0n) is 38.7. The second kappa shape index (κ2) is 21.7. The summed E-state index contributed by atoms with van der Waals surface area (Å²) in [6.45, 7) is 3.42. The summed E-state index contributed by atoms with van der Waals surface area (Å²) in [5.74, 6) is 5.90. The molecule has 1 unspecified atom stereocenters. The van der Waals surface area contributed by atoms with Gasteiger partial charge in [-0.05, 0) is 118 Å². The summed E-state index contributed by atoms with van der Waals surface area (Å²) in [7, 11) is 1.58. The van der Waals surface area contributed by atoms with Crippen LogP contribution in [0.25, 0.3) is 0 Å². The maximum Gasteiger partial charge on any atom is 0.317 e. The lowest BCUT2D eigenvalue weighted by molar-refractivity contribution is -0.136. The number of amides is 6. The van der Waals surface area contributed by atoms with Crippen LogP contribution in [0.4, 0.5) is 33.6 Å². The third-order valence-electron chi connectivity index (χ3n) is 13.8. The molecule has 3 aromatic carbocycles. The number of imide groups is 1. The number of carbonyl (C=O) groups excluding carboxylic acids is 5. The first-order chi connectivity index (χ1) is 33.6. The number of hydrogen-bond acceptors (Lipinski definition) is 12. The maximum absolute atomic E-state index is 13.3. The third kappa shape index (κ3) is 11.6. The van der Waals surface area contributed by atoms with E-state index in [-0.39, 0.29) is 42.3 Å². The van der Waals surface area contributed by atoms with Crippen LogP contribution in [-0.4, -0.2) is 120 Å². The molecule has 4 aromatic rings. The fourth-order valence-corrected chi connectivity index (χ4v) is 10.1. The number of ether oxygens (including phenoxy) is 1. The Balaban J connectivity index is 0.646. The average molecular weight is 957 g/mol. The van der Waals surface area contributed by atoms with Gasteiger partial charge in [0.2, 0.25) is 17.8 Å². The maximum atomic E-state index is 13.3. The van der Waals surface area contributed by atoms with Crippen molar-refractivity contribution in [3.05, 3.63) is 100 Å². The van der Waals surface area contributed by atoms with Crippen molar-refractivity contribution in [3.63, 3.8) is 0 Å². The van der Waals surface area contributed by atoms with Gasteiger partial charge in [0.05, 0.1) is 23.6 Å². The Morgan fingerprint density at radius 2 is 1.58 bits per heavy atom. The summed E-state index contributed by atoms with van der Waals surface area (Å²) in [5.41, 5.74) is 5.12. The minimum atomic E-state index is -0.634. The number of carbonyl (C=O) groups is 5. The number of benzene rings is 3. The normalized spacial score (nSPS) is 22.5. The van der Waals surface area contributed by atoms with Crippen LogP contribution in [-0.2, 0) is 20.9 Å². The predicted molar refractivity (Wildman–Crippen MR) is 263 cm³/mol. The summed E-state index contributed by atoms with van der Waals surface area (Å²) >= 11 is 6.42. The first-order valence-electron chi connectivity index (χ1n) is 24.0. The number of urea groups is 1. The Morgan fingerprint density at radius 3 is 2.32 bits per heavy atom. The molecule has 69 heavy (non-hydrogen) atoms. The monoisotopic (exact) mass is 955 g/mol. The van der Waals surface area contributed by atoms with Crippen molar-refractivity contribution < 1.29 is 28.7 Å². The summed E-state index contributed by atoms with van der Waals surface area (Å²) in [6.07, 6.45) is 10.3. The van der Waals surface area contributed by atoms with E-state index in [1.54, 1.807) is 36.2 Å². The zero-order chi connectivity index (χ0) is 47.9. The molecule has 4 fully saturated rings. The predicted octanol–water partition coefficient (Wildman–Crippen LogP) is 5.85. The Bertz CT molecular complexity index is 2610. The van der Waals surface area contributed by atoms with E-state index in [0.717, 1.165) is 87.0 Å². The topological polar surface area (TPSA) is 202 Å². The first-order valence-corrected chi connectivity index (χ1v) is 24.4. The molecule has 1 aromatic heterocycles. The van der Waals surface area contributed by atoms with E-state index in [1.165, 1.54) is 6.20 Å². The lowest BCUT2D eigenvalue weighted by Gasteiger charge is -2.38. The van der Waals surface area contributed by atoms with Crippen LogP contribution in [0.5, 0.6) is 0 Å². The summed E-state index contributed by atoms with van der Waals surface area (Å²) in [6, 6.07) is 21.1. The molecular weight excluding hydrogens is 898 g/mol. The van der Waals surface area contributed by atoms with E-state index in [1.807, 2.05) is 47.4 Å². The number of para-hydroxylation sites is 1. The van der Waals surface area contributed by atoms with Gasteiger partial charge in [-0.2, -0.15) is 4.98 Å². The molecule has 0 spiro atoms. The largest absolute Gasteiger partial charge is 0.368 e. The molecule has 18 heteroatoms. The Morgan fingerprint density at radius 1 is 0.855 bits per heavy atom. The van der Waals surface area contributed by atoms with E-state index >= 15 is 0 Å². The van der Waals surface area contributed by atoms with Crippen molar-refractivity contribution in [3.8, 4) is 11.8 Å². The number of anilines is 5. The van der Waals surface area contributed by atoms with Crippen molar-refractivity contribution >= 4 is 70.1 Å². The molecule has 5 aliphatic rings. The smallest absolute Gasteiger partial charge is 0.317 e. The van der Waals surface area contributed by atoms with Crippen LogP contribution >= 0.6 is 11.6 Å².